The first-order chi connectivity index (χ1) is 12.5. The molecule has 1 aliphatic rings. The first kappa shape index (κ1) is 19.0. The lowest BCUT2D eigenvalue weighted by molar-refractivity contribution is 0.0866. The predicted molar refractivity (Wildman–Crippen MR) is 98.6 cm³/mol. The van der Waals surface area contributed by atoms with Crippen molar-refractivity contribution in [3.63, 3.8) is 0 Å². The third-order valence-electron chi connectivity index (χ3n) is 5.17. The average molecular weight is 360 g/mol. The van der Waals surface area contributed by atoms with Crippen molar-refractivity contribution in [1.82, 2.24) is 10.2 Å². The van der Waals surface area contributed by atoms with Crippen LogP contribution in [-0.4, -0.2) is 35.7 Å². The number of aliphatic hydroxyl groups excluding tert-OH is 1. The van der Waals surface area contributed by atoms with Gasteiger partial charge in [-0.2, -0.15) is 0 Å². The van der Waals surface area contributed by atoms with E-state index in [1.165, 1.54) is 17.7 Å². The van der Waals surface area contributed by atoms with Crippen molar-refractivity contribution in [2.75, 3.05) is 19.7 Å². The second-order valence-electron chi connectivity index (χ2n) is 7.15. The van der Waals surface area contributed by atoms with Gasteiger partial charge in [-0.05, 0) is 49.1 Å². The Labute approximate surface area is 153 Å². The highest BCUT2D eigenvalue weighted by molar-refractivity contribution is 5.21. The number of piperidine rings is 1. The topological polar surface area (TPSA) is 35.5 Å². The van der Waals surface area contributed by atoms with Crippen LogP contribution in [0.5, 0.6) is 0 Å². The number of likely N-dealkylation sites (tertiary alicyclic amines) is 1. The molecule has 0 aromatic heterocycles. The van der Waals surface area contributed by atoms with Crippen LogP contribution in [0, 0.1) is 17.6 Å². The van der Waals surface area contributed by atoms with Crippen molar-refractivity contribution in [2.45, 2.75) is 32.0 Å². The van der Waals surface area contributed by atoms with Crippen molar-refractivity contribution in [3.8, 4) is 0 Å². The third-order valence-corrected chi connectivity index (χ3v) is 5.17. The van der Waals surface area contributed by atoms with Crippen LogP contribution in [0.4, 0.5) is 8.78 Å². The van der Waals surface area contributed by atoms with Gasteiger partial charge in [-0.3, -0.25) is 4.90 Å². The van der Waals surface area contributed by atoms with E-state index in [4.69, 9.17) is 0 Å². The van der Waals surface area contributed by atoms with Crippen molar-refractivity contribution >= 4 is 0 Å². The Morgan fingerprint density at radius 1 is 1.15 bits per heavy atom. The molecule has 0 radical (unpaired) electrons. The van der Waals surface area contributed by atoms with Crippen LogP contribution in [0.1, 0.15) is 30.5 Å². The minimum absolute atomic E-state index is 0.0683. The summed E-state index contributed by atoms with van der Waals surface area (Å²) in [6.45, 7) is 4.60. The molecule has 1 saturated heterocycles. The second-order valence-corrected chi connectivity index (χ2v) is 7.15. The van der Waals surface area contributed by atoms with Crippen molar-refractivity contribution in [2.24, 2.45) is 5.92 Å². The molecule has 2 aromatic carbocycles. The van der Waals surface area contributed by atoms with E-state index < -0.39 is 11.6 Å². The maximum atomic E-state index is 13.5. The fourth-order valence-electron chi connectivity index (χ4n) is 3.70. The van der Waals surface area contributed by atoms with Gasteiger partial charge in [0.1, 0.15) is 11.6 Å². The van der Waals surface area contributed by atoms with E-state index in [-0.39, 0.29) is 24.6 Å². The lowest BCUT2D eigenvalue weighted by Gasteiger charge is -2.39. The molecule has 0 aliphatic carbocycles. The van der Waals surface area contributed by atoms with Crippen LogP contribution in [-0.2, 0) is 6.54 Å². The quantitative estimate of drug-likeness (QED) is 0.828. The fourth-order valence-corrected chi connectivity index (χ4v) is 3.70. The predicted octanol–water partition coefficient (Wildman–Crippen LogP) is 3.50. The zero-order chi connectivity index (χ0) is 18.5. The summed E-state index contributed by atoms with van der Waals surface area (Å²) in [4.78, 5) is 2.36. The monoisotopic (exact) mass is 360 g/mol. The van der Waals surface area contributed by atoms with Crippen molar-refractivity contribution < 1.29 is 13.9 Å². The summed E-state index contributed by atoms with van der Waals surface area (Å²) in [5.74, 6) is -0.994. The minimum atomic E-state index is -0.568. The highest BCUT2D eigenvalue weighted by Gasteiger charge is 2.30. The summed E-state index contributed by atoms with van der Waals surface area (Å²) in [5, 5.41) is 13.2. The van der Waals surface area contributed by atoms with Crippen molar-refractivity contribution in [3.05, 3.63) is 71.3 Å². The first-order valence-corrected chi connectivity index (χ1v) is 9.14. The lowest BCUT2D eigenvalue weighted by Crippen LogP contribution is -2.52. The highest BCUT2D eigenvalue weighted by atomic mass is 19.1. The molecule has 3 rings (SSSR count). The van der Waals surface area contributed by atoms with Gasteiger partial charge in [0.15, 0.2) is 0 Å². The number of hydrogen-bond donors (Lipinski definition) is 2. The van der Waals surface area contributed by atoms with E-state index in [1.807, 2.05) is 25.1 Å². The lowest BCUT2D eigenvalue weighted by atomic mass is 9.90. The third kappa shape index (κ3) is 4.87. The summed E-state index contributed by atoms with van der Waals surface area (Å²) in [6, 6.07) is 13.8. The zero-order valence-corrected chi connectivity index (χ0v) is 15.0. The van der Waals surface area contributed by atoms with Crippen LogP contribution < -0.4 is 5.32 Å². The molecule has 1 heterocycles. The fraction of sp³-hybridized carbons (Fsp3) is 0.429. The molecule has 3 nitrogen and oxygen atoms in total. The Kier molecular flexibility index (Phi) is 6.35. The number of nitrogens with zero attached hydrogens (tertiary/aromatic N) is 1. The van der Waals surface area contributed by atoms with Gasteiger partial charge < -0.3 is 10.4 Å². The van der Waals surface area contributed by atoms with Crippen LogP contribution in [0.3, 0.4) is 0 Å². The van der Waals surface area contributed by atoms with Gasteiger partial charge in [0.05, 0.1) is 0 Å². The highest BCUT2D eigenvalue weighted by Crippen LogP contribution is 2.23. The number of rotatable bonds is 6. The normalized spacial score (nSPS) is 22.3. The summed E-state index contributed by atoms with van der Waals surface area (Å²) < 4.78 is 27.0. The molecular formula is C21H26F2N2O. The molecule has 0 bridgehead atoms. The summed E-state index contributed by atoms with van der Waals surface area (Å²) in [5.41, 5.74) is 1.84. The van der Waals surface area contributed by atoms with E-state index in [0.717, 1.165) is 32.1 Å². The van der Waals surface area contributed by atoms with Gasteiger partial charge in [0.25, 0.3) is 0 Å². The van der Waals surface area contributed by atoms with Crippen LogP contribution in [0.2, 0.25) is 0 Å². The van der Waals surface area contributed by atoms with Gasteiger partial charge in [-0.15, -0.1) is 0 Å². The van der Waals surface area contributed by atoms with Gasteiger partial charge in [-0.25, -0.2) is 8.78 Å². The second kappa shape index (κ2) is 8.71. The Morgan fingerprint density at radius 3 is 2.50 bits per heavy atom. The van der Waals surface area contributed by atoms with Gasteiger partial charge in [0.2, 0.25) is 0 Å². The smallest absolute Gasteiger partial charge is 0.126 e. The molecule has 1 aliphatic heterocycles. The maximum Gasteiger partial charge on any atom is 0.126 e. The summed E-state index contributed by atoms with van der Waals surface area (Å²) in [6.07, 6.45) is 0.894. The molecule has 0 saturated carbocycles. The van der Waals surface area contributed by atoms with Gasteiger partial charge >= 0.3 is 0 Å². The van der Waals surface area contributed by atoms with Gasteiger partial charge in [-0.1, -0.05) is 30.3 Å². The summed E-state index contributed by atoms with van der Waals surface area (Å²) in [7, 11) is 0. The molecular weight excluding hydrogens is 334 g/mol. The molecule has 0 spiro atoms. The standard InChI is InChI=1S/C21H26F2N2O/c1-15(18-9-19(22)11-20(23)10-18)24-21-13-25(8-7-17(21)14-26)12-16-5-3-2-4-6-16/h2-6,9-11,15,17,21,24,26H,7-8,12-14H2,1H3. The zero-order valence-electron chi connectivity index (χ0n) is 15.0. The average Bonchev–Trinajstić information content (AvgIpc) is 2.62. The first-order valence-electron chi connectivity index (χ1n) is 9.14. The molecule has 2 N–H and O–H groups in total. The van der Waals surface area contributed by atoms with E-state index in [0.29, 0.717) is 5.56 Å². The van der Waals surface area contributed by atoms with Gasteiger partial charge in [0, 0.05) is 37.8 Å². The van der Waals surface area contributed by atoms with E-state index in [2.05, 4.69) is 22.3 Å². The molecule has 140 valence electrons. The molecule has 0 amide bonds. The van der Waals surface area contributed by atoms with Crippen molar-refractivity contribution in [1.29, 1.82) is 0 Å². The minimum Gasteiger partial charge on any atom is -0.396 e. The largest absolute Gasteiger partial charge is 0.396 e. The maximum absolute atomic E-state index is 13.5. The number of hydrogen-bond acceptors (Lipinski definition) is 3. The van der Waals surface area contributed by atoms with E-state index >= 15 is 0 Å². The Hall–Kier alpha value is -1.82. The molecule has 1 fully saturated rings. The number of halogens is 2. The van der Waals surface area contributed by atoms with E-state index in [9.17, 15) is 13.9 Å². The summed E-state index contributed by atoms with van der Waals surface area (Å²) >= 11 is 0. The molecule has 2 aromatic rings. The van der Waals surface area contributed by atoms with Crippen LogP contribution >= 0.6 is 0 Å². The molecule has 26 heavy (non-hydrogen) atoms. The van der Waals surface area contributed by atoms with Crippen LogP contribution in [0.25, 0.3) is 0 Å². The molecule has 5 heteroatoms. The molecule has 3 unspecified atom stereocenters. The van der Waals surface area contributed by atoms with E-state index in [1.54, 1.807) is 0 Å². The Balaban J connectivity index is 1.67. The molecule has 3 atom stereocenters. The number of aliphatic hydroxyl groups is 1. The SMILES string of the molecule is CC(NC1CN(Cc2ccccc2)CCC1CO)c1cc(F)cc(F)c1. The van der Waals surface area contributed by atoms with Crippen LogP contribution in [0.15, 0.2) is 48.5 Å². The number of nitrogens with one attached hydrogen (secondary N) is 1. The Bertz CT molecular complexity index is 690. The Morgan fingerprint density at radius 2 is 1.85 bits per heavy atom. The number of benzene rings is 2.